The fraction of sp³-hybridized carbons (Fsp3) is 0.348. The van der Waals surface area contributed by atoms with Gasteiger partial charge in [-0.25, -0.2) is 8.42 Å². The summed E-state index contributed by atoms with van der Waals surface area (Å²) in [6.45, 7) is 1.12. The number of amides is 1. The number of hydrogen-bond acceptors (Lipinski definition) is 8. The molecule has 186 valence electrons. The minimum atomic E-state index is -3.47. The number of anilines is 1. The molecule has 3 aromatic rings. The van der Waals surface area contributed by atoms with Gasteiger partial charge in [0.15, 0.2) is 11.0 Å². The molecule has 4 rings (SSSR count). The highest BCUT2D eigenvalue weighted by atomic mass is 32.2. The van der Waals surface area contributed by atoms with Crippen molar-refractivity contribution < 1.29 is 22.7 Å². The van der Waals surface area contributed by atoms with E-state index in [9.17, 15) is 13.2 Å². The lowest BCUT2D eigenvalue weighted by molar-refractivity contribution is -0.113. The predicted molar refractivity (Wildman–Crippen MR) is 133 cm³/mol. The highest BCUT2D eigenvalue weighted by Gasteiger charge is 2.27. The van der Waals surface area contributed by atoms with Crippen LogP contribution in [0.1, 0.15) is 12.8 Å². The van der Waals surface area contributed by atoms with Gasteiger partial charge in [0.05, 0.1) is 30.6 Å². The van der Waals surface area contributed by atoms with E-state index in [0.717, 1.165) is 18.4 Å². The molecular weight excluding hydrogens is 490 g/mol. The molecule has 2 heterocycles. The number of nitrogens with zero attached hydrogens (tertiary/aromatic N) is 4. The van der Waals surface area contributed by atoms with Crippen molar-refractivity contribution in [3.63, 3.8) is 0 Å². The highest BCUT2D eigenvalue weighted by molar-refractivity contribution is 7.99. The SMILES string of the molecule is COc1ccc(NC(=O)CSc2nnc(-c3ccc(S(=O)(=O)N4CCCC4)cc3)n2C)c(OC)c1. The number of sulfonamides is 1. The van der Waals surface area contributed by atoms with Crippen molar-refractivity contribution in [1.29, 1.82) is 0 Å². The van der Waals surface area contributed by atoms with E-state index in [1.165, 1.54) is 23.2 Å². The van der Waals surface area contributed by atoms with Gasteiger partial charge in [0.1, 0.15) is 11.5 Å². The lowest BCUT2D eigenvalue weighted by Gasteiger charge is -2.15. The molecule has 0 saturated carbocycles. The Bertz CT molecular complexity index is 1300. The Labute approximate surface area is 208 Å². The van der Waals surface area contributed by atoms with E-state index in [1.54, 1.807) is 61.2 Å². The topological polar surface area (TPSA) is 116 Å². The second-order valence-electron chi connectivity index (χ2n) is 7.90. The first-order valence-corrected chi connectivity index (χ1v) is 13.4. The number of hydrogen-bond donors (Lipinski definition) is 1. The average molecular weight is 518 g/mol. The van der Waals surface area contributed by atoms with Crippen LogP contribution in [0.3, 0.4) is 0 Å². The van der Waals surface area contributed by atoms with Crippen LogP contribution in [0.4, 0.5) is 5.69 Å². The lowest BCUT2D eigenvalue weighted by Crippen LogP contribution is -2.27. The molecule has 1 fully saturated rings. The first-order chi connectivity index (χ1) is 16.8. The number of carbonyl (C=O) groups is 1. The van der Waals surface area contributed by atoms with Gasteiger partial charge in [0, 0.05) is 31.8 Å². The van der Waals surface area contributed by atoms with Crippen molar-refractivity contribution in [3.05, 3.63) is 42.5 Å². The number of nitrogens with one attached hydrogen (secondary N) is 1. The third-order valence-corrected chi connectivity index (χ3v) is 8.60. The van der Waals surface area contributed by atoms with Crippen molar-refractivity contribution in [2.45, 2.75) is 22.9 Å². The van der Waals surface area contributed by atoms with Gasteiger partial charge < -0.3 is 19.4 Å². The van der Waals surface area contributed by atoms with Crippen LogP contribution in [-0.2, 0) is 21.9 Å². The number of carbonyl (C=O) groups excluding carboxylic acids is 1. The Hall–Kier alpha value is -3.09. The summed E-state index contributed by atoms with van der Waals surface area (Å²) in [5, 5.41) is 11.8. The smallest absolute Gasteiger partial charge is 0.243 e. The van der Waals surface area contributed by atoms with Gasteiger partial charge in [0.25, 0.3) is 0 Å². The molecule has 0 atom stereocenters. The molecule has 0 unspecified atom stereocenters. The van der Waals surface area contributed by atoms with Gasteiger partial charge in [-0.1, -0.05) is 11.8 Å². The van der Waals surface area contributed by atoms with E-state index < -0.39 is 10.0 Å². The van der Waals surface area contributed by atoms with Gasteiger partial charge in [-0.3, -0.25) is 4.79 Å². The van der Waals surface area contributed by atoms with E-state index in [1.807, 2.05) is 0 Å². The fourth-order valence-corrected chi connectivity index (χ4v) is 5.99. The Balaban J connectivity index is 1.41. The Morgan fingerprint density at radius 1 is 1.06 bits per heavy atom. The number of aromatic nitrogens is 3. The summed E-state index contributed by atoms with van der Waals surface area (Å²) in [6, 6.07) is 11.8. The average Bonchev–Trinajstić information content (AvgIpc) is 3.54. The van der Waals surface area contributed by atoms with Gasteiger partial charge >= 0.3 is 0 Å². The summed E-state index contributed by atoms with van der Waals surface area (Å²) in [4.78, 5) is 12.8. The van der Waals surface area contributed by atoms with Crippen molar-refractivity contribution in [2.75, 3.05) is 38.4 Å². The van der Waals surface area contributed by atoms with Crippen molar-refractivity contribution in [3.8, 4) is 22.9 Å². The van der Waals surface area contributed by atoms with E-state index in [-0.39, 0.29) is 16.6 Å². The van der Waals surface area contributed by atoms with Gasteiger partial charge in [0.2, 0.25) is 15.9 Å². The van der Waals surface area contributed by atoms with E-state index in [2.05, 4.69) is 15.5 Å². The Morgan fingerprint density at radius 3 is 2.43 bits per heavy atom. The van der Waals surface area contributed by atoms with Crippen LogP contribution >= 0.6 is 11.8 Å². The summed E-state index contributed by atoms with van der Waals surface area (Å²) >= 11 is 1.24. The molecule has 2 aromatic carbocycles. The Kier molecular flexibility index (Phi) is 7.63. The second kappa shape index (κ2) is 10.7. The first-order valence-electron chi connectivity index (χ1n) is 11.0. The summed E-state index contributed by atoms with van der Waals surface area (Å²) in [5.74, 6) is 1.60. The van der Waals surface area contributed by atoms with Crippen LogP contribution in [0.2, 0.25) is 0 Å². The number of methoxy groups -OCH3 is 2. The maximum atomic E-state index is 12.7. The quantitative estimate of drug-likeness (QED) is 0.431. The second-order valence-corrected chi connectivity index (χ2v) is 10.8. The normalized spacial score (nSPS) is 14.1. The zero-order valence-corrected chi connectivity index (χ0v) is 21.4. The zero-order valence-electron chi connectivity index (χ0n) is 19.7. The van der Waals surface area contributed by atoms with Crippen molar-refractivity contribution >= 4 is 33.4 Å². The summed E-state index contributed by atoms with van der Waals surface area (Å²) in [5.41, 5.74) is 1.28. The minimum absolute atomic E-state index is 0.119. The van der Waals surface area contributed by atoms with Crippen LogP contribution in [0.5, 0.6) is 11.5 Å². The number of thioether (sulfide) groups is 1. The van der Waals surface area contributed by atoms with Crippen LogP contribution in [0.25, 0.3) is 11.4 Å². The summed E-state index contributed by atoms with van der Waals surface area (Å²) < 4.78 is 39.3. The molecule has 0 radical (unpaired) electrons. The molecule has 0 bridgehead atoms. The fourth-order valence-electron chi connectivity index (χ4n) is 3.76. The summed E-state index contributed by atoms with van der Waals surface area (Å²) in [6.07, 6.45) is 1.78. The number of benzene rings is 2. The predicted octanol–water partition coefficient (Wildman–Crippen LogP) is 3.01. The van der Waals surface area contributed by atoms with E-state index in [0.29, 0.717) is 41.3 Å². The molecule has 1 amide bonds. The van der Waals surface area contributed by atoms with Crippen molar-refractivity contribution in [2.24, 2.45) is 7.05 Å². The number of rotatable bonds is 9. The van der Waals surface area contributed by atoms with Gasteiger partial charge in [-0.15, -0.1) is 10.2 Å². The van der Waals surface area contributed by atoms with Crippen LogP contribution in [0, 0.1) is 0 Å². The van der Waals surface area contributed by atoms with Gasteiger partial charge in [-0.2, -0.15) is 4.31 Å². The maximum absolute atomic E-state index is 12.7. The third-order valence-electron chi connectivity index (χ3n) is 5.67. The summed E-state index contributed by atoms with van der Waals surface area (Å²) in [7, 11) is 1.41. The molecule has 12 heteroatoms. The molecule has 10 nitrogen and oxygen atoms in total. The molecule has 1 saturated heterocycles. The molecule has 35 heavy (non-hydrogen) atoms. The standard InChI is InChI=1S/C23H27N5O5S2/c1-27-22(16-6-9-18(10-7-16)35(30,31)28-12-4-5-13-28)25-26-23(27)34-15-21(29)24-19-11-8-17(32-2)14-20(19)33-3/h6-11,14H,4-5,12-13,15H2,1-3H3,(H,24,29). The maximum Gasteiger partial charge on any atom is 0.243 e. The van der Waals surface area contributed by atoms with Gasteiger partial charge in [-0.05, 0) is 49.2 Å². The first kappa shape index (κ1) is 25.0. The Morgan fingerprint density at radius 2 is 1.77 bits per heavy atom. The number of ether oxygens (including phenoxy) is 2. The lowest BCUT2D eigenvalue weighted by atomic mass is 10.2. The molecule has 0 aliphatic carbocycles. The van der Waals surface area contributed by atoms with Crippen LogP contribution in [-0.4, -0.2) is 66.5 Å². The molecular formula is C23H27N5O5S2. The van der Waals surface area contributed by atoms with E-state index >= 15 is 0 Å². The van der Waals surface area contributed by atoms with Crippen LogP contribution in [0.15, 0.2) is 52.5 Å². The minimum Gasteiger partial charge on any atom is -0.497 e. The molecule has 1 N–H and O–H groups in total. The van der Waals surface area contributed by atoms with E-state index in [4.69, 9.17) is 9.47 Å². The van der Waals surface area contributed by atoms with Crippen LogP contribution < -0.4 is 14.8 Å². The van der Waals surface area contributed by atoms with Crippen molar-refractivity contribution in [1.82, 2.24) is 19.1 Å². The zero-order chi connectivity index (χ0) is 25.0. The highest BCUT2D eigenvalue weighted by Crippen LogP contribution is 2.30. The molecule has 1 aliphatic heterocycles. The molecule has 0 spiro atoms. The molecule has 1 aromatic heterocycles. The largest absolute Gasteiger partial charge is 0.497 e. The molecule has 1 aliphatic rings. The monoisotopic (exact) mass is 517 g/mol. The third kappa shape index (κ3) is 5.44.